The maximum Gasteiger partial charge on any atom is 0.146 e. The van der Waals surface area contributed by atoms with Crippen LogP contribution in [0.4, 0.5) is 0 Å². The van der Waals surface area contributed by atoms with Gasteiger partial charge in [-0.3, -0.25) is 0 Å². The zero-order chi connectivity index (χ0) is 29.7. The van der Waals surface area contributed by atoms with Gasteiger partial charge in [0.1, 0.15) is 19.7 Å². The molecule has 15 nitrogen and oxygen atoms in total. The van der Waals surface area contributed by atoms with Crippen LogP contribution in [0.5, 0.6) is 0 Å². The average molecular weight is 607 g/mol. The van der Waals surface area contributed by atoms with E-state index < -0.39 is 6.10 Å². The van der Waals surface area contributed by atoms with Crippen LogP contribution in [0.15, 0.2) is 0 Å². The summed E-state index contributed by atoms with van der Waals surface area (Å²) in [5.41, 5.74) is 0. The Bertz CT molecular complexity index is 465. The predicted octanol–water partition coefficient (Wildman–Crippen LogP) is -0.900. The lowest BCUT2D eigenvalue weighted by Crippen LogP contribution is -2.20. The summed E-state index contributed by atoms with van der Waals surface area (Å²) < 4.78 is 68.7. The van der Waals surface area contributed by atoms with Crippen LogP contribution in [0.3, 0.4) is 0 Å². The molecule has 0 fully saturated rings. The first-order valence-corrected chi connectivity index (χ1v) is 14.0. The Labute approximate surface area is 244 Å². The molecule has 0 saturated carbocycles. The van der Waals surface area contributed by atoms with Crippen molar-refractivity contribution in [3.8, 4) is 0 Å². The summed E-state index contributed by atoms with van der Waals surface area (Å²) in [6, 6.07) is 0. The van der Waals surface area contributed by atoms with E-state index in [0.717, 1.165) is 0 Å². The maximum atomic E-state index is 9.08. The van der Waals surface area contributed by atoms with Gasteiger partial charge >= 0.3 is 0 Å². The molecule has 0 heterocycles. The largest absolute Gasteiger partial charge is 0.394 e. The second-order valence-electron chi connectivity index (χ2n) is 8.06. The molecule has 0 aliphatic heterocycles. The Morgan fingerprint density at radius 2 is 0.610 bits per heavy atom. The summed E-state index contributed by atoms with van der Waals surface area (Å²) in [6.07, 6.45) is -0.883. The van der Waals surface area contributed by atoms with Gasteiger partial charge in [-0.2, -0.15) is 0 Å². The zero-order valence-electron chi connectivity index (χ0n) is 24.7. The SMILES string of the molecule is COCOCCOCCOCCOCCOCCOCCOCCOCCOCCOCCOCOCC(O)CO. The highest BCUT2D eigenvalue weighted by Gasteiger charge is 2.01. The zero-order valence-corrected chi connectivity index (χ0v) is 24.7. The Hall–Kier alpha value is -0.600. The third-order valence-corrected chi connectivity index (χ3v) is 4.61. The van der Waals surface area contributed by atoms with Gasteiger partial charge in [-0.25, -0.2) is 0 Å². The Morgan fingerprint density at radius 3 is 0.854 bits per heavy atom. The number of aliphatic hydroxyl groups excluding tert-OH is 2. The van der Waals surface area contributed by atoms with Gasteiger partial charge in [0, 0.05) is 7.11 Å². The van der Waals surface area contributed by atoms with Crippen LogP contribution in [0.25, 0.3) is 0 Å². The topological polar surface area (TPSA) is 160 Å². The van der Waals surface area contributed by atoms with E-state index in [2.05, 4.69) is 0 Å². The van der Waals surface area contributed by atoms with Crippen molar-refractivity contribution in [3.05, 3.63) is 0 Å². The Kier molecular flexibility index (Phi) is 36.9. The summed E-state index contributed by atoms with van der Waals surface area (Å²) >= 11 is 0. The van der Waals surface area contributed by atoms with E-state index in [4.69, 9.17) is 71.8 Å². The number of rotatable bonds is 37. The Balaban J connectivity index is 3.03. The van der Waals surface area contributed by atoms with Crippen molar-refractivity contribution in [2.24, 2.45) is 0 Å². The van der Waals surface area contributed by atoms with Crippen molar-refractivity contribution in [2.45, 2.75) is 6.10 Å². The van der Waals surface area contributed by atoms with Gasteiger partial charge in [-0.15, -0.1) is 0 Å². The van der Waals surface area contributed by atoms with Gasteiger partial charge < -0.3 is 71.8 Å². The molecule has 1 atom stereocenters. The summed E-state index contributed by atoms with van der Waals surface area (Å²) in [6.45, 7) is 9.72. The number of ether oxygens (including phenoxy) is 13. The molecule has 15 heteroatoms. The van der Waals surface area contributed by atoms with Crippen LogP contribution in [-0.2, 0) is 61.6 Å². The fourth-order valence-electron chi connectivity index (χ4n) is 2.59. The number of methoxy groups -OCH3 is 1. The minimum absolute atomic E-state index is 0.0338. The van der Waals surface area contributed by atoms with Crippen LogP contribution in [-0.4, -0.2) is 182 Å². The molecule has 0 amide bonds. The van der Waals surface area contributed by atoms with Gasteiger partial charge in [-0.1, -0.05) is 0 Å². The van der Waals surface area contributed by atoms with Crippen molar-refractivity contribution >= 4 is 0 Å². The number of aliphatic hydroxyl groups is 2. The molecule has 248 valence electrons. The van der Waals surface area contributed by atoms with E-state index in [-0.39, 0.29) is 26.8 Å². The smallest absolute Gasteiger partial charge is 0.146 e. The lowest BCUT2D eigenvalue weighted by atomic mass is 10.4. The Morgan fingerprint density at radius 1 is 0.366 bits per heavy atom. The van der Waals surface area contributed by atoms with E-state index in [1.165, 1.54) is 0 Å². The predicted molar refractivity (Wildman–Crippen MR) is 145 cm³/mol. The van der Waals surface area contributed by atoms with Crippen molar-refractivity contribution in [1.29, 1.82) is 0 Å². The second kappa shape index (κ2) is 37.4. The molecule has 0 rings (SSSR count). The second-order valence-corrected chi connectivity index (χ2v) is 8.06. The molecule has 41 heavy (non-hydrogen) atoms. The van der Waals surface area contributed by atoms with Crippen LogP contribution in [0.1, 0.15) is 0 Å². The van der Waals surface area contributed by atoms with E-state index in [1.807, 2.05) is 0 Å². The molecule has 2 N–H and O–H groups in total. The van der Waals surface area contributed by atoms with Crippen molar-refractivity contribution in [1.82, 2.24) is 0 Å². The summed E-state index contributed by atoms with van der Waals surface area (Å²) in [5.74, 6) is 0. The van der Waals surface area contributed by atoms with E-state index in [1.54, 1.807) is 7.11 Å². The standard InChI is InChI=1S/C26H54O15/c1-29-24-39-20-18-37-16-14-35-12-10-33-8-6-31-4-2-30-3-5-32-7-9-34-11-13-36-15-17-38-19-21-40-25-41-23-26(28)22-27/h26-28H,2-25H2,1H3. The molecule has 0 aliphatic rings. The molecule has 0 spiro atoms. The number of hydrogen-bond donors (Lipinski definition) is 2. The summed E-state index contributed by atoms with van der Waals surface area (Å²) in [7, 11) is 1.58. The monoisotopic (exact) mass is 606 g/mol. The van der Waals surface area contributed by atoms with Crippen LogP contribution < -0.4 is 0 Å². The maximum absolute atomic E-state index is 9.08. The normalized spacial score (nSPS) is 12.4. The van der Waals surface area contributed by atoms with E-state index >= 15 is 0 Å². The van der Waals surface area contributed by atoms with Gasteiger partial charge in [0.05, 0.1) is 145 Å². The first kappa shape index (κ1) is 40.4. The van der Waals surface area contributed by atoms with Crippen LogP contribution in [0, 0.1) is 0 Å². The molecular weight excluding hydrogens is 552 g/mol. The molecule has 1 unspecified atom stereocenters. The lowest BCUT2D eigenvalue weighted by Gasteiger charge is -2.09. The van der Waals surface area contributed by atoms with Crippen molar-refractivity contribution in [3.63, 3.8) is 0 Å². The molecular formula is C26H54O15. The van der Waals surface area contributed by atoms with E-state index in [0.29, 0.717) is 132 Å². The van der Waals surface area contributed by atoms with Gasteiger partial charge in [0.15, 0.2) is 0 Å². The van der Waals surface area contributed by atoms with Gasteiger partial charge in [-0.05, 0) is 0 Å². The third-order valence-electron chi connectivity index (χ3n) is 4.61. The average Bonchev–Trinajstić information content (AvgIpc) is 2.99. The fraction of sp³-hybridized carbons (Fsp3) is 1.00. The first-order chi connectivity index (χ1) is 20.3. The van der Waals surface area contributed by atoms with Gasteiger partial charge in [0.2, 0.25) is 0 Å². The highest BCUT2D eigenvalue weighted by molar-refractivity contribution is 4.47. The highest BCUT2D eigenvalue weighted by Crippen LogP contribution is 1.88. The van der Waals surface area contributed by atoms with Crippen LogP contribution in [0.2, 0.25) is 0 Å². The minimum atomic E-state index is -0.883. The summed E-state index contributed by atoms with van der Waals surface area (Å²) in [5, 5.41) is 17.7. The van der Waals surface area contributed by atoms with Crippen LogP contribution >= 0.6 is 0 Å². The van der Waals surface area contributed by atoms with Gasteiger partial charge in [0.25, 0.3) is 0 Å². The molecule has 0 saturated heterocycles. The summed E-state index contributed by atoms with van der Waals surface area (Å²) in [4.78, 5) is 0. The minimum Gasteiger partial charge on any atom is -0.394 e. The van der Waals surface area contributed by atoms with Crippen molar-refractivity contribution in [2.75, 3.05) is 166 Å². The van der Waals surface area contributed by atoms with Crippen molar-refractivity contribution < 1.29 is 71.8 Å². The molecule has 0 aromatic carbocycles. The molecule has 0 bridgehead atoms. The molecule has 0 aromatic rings. The highest BCUT2D eigenvalue weighted by atomic mass is 16.7. The number of hydrogen-bond acceptors (Lipinski definition) is 15. The molecule has 0 radical (unpaired) electrons. The lowest BCUT2D eigenvalue weighted by molar-refractivity contribution is -0.0969. The first-order valence-electron chi connectivity index (χ1n) is 14.0. The van der Waals surface area contributed by atoms with E-state index in [9.17, 15) is 0 Å². The molecule has 0 aliphatic carbocycles. The third kappa shape index (κ3) is 37.4. The quantitative estimate of drug-likeness (QED) is 0.0661. The molecule has 0 aromatic heterocycles. The fourth-order valence-corrected chi connectivity index (χ4v) is 2.59.